The summed E-state index contributed by atoms with van der Waals surface area (Å²) in [6.45, 7) is 4.92. The maximum Gasteiger partial charge on any atom is 0.412 e. The molecule has 0 saturated heterocycles. The predicted octanol–water partition coefficient (Wildman–Crippen LogP) is 3.02. The number of hydrogen-bond acceptors (Lipinski definition) is 5. The fraction of sp³-hybridized carbons (Fsp3) is 0.263. The summed E-state index contributed by atoms with van der Waals surface area (Å²) < 4.78 is 1.10. The summed E-state index contributed by atoms with van der Waals surface area (Å²) in [5, 5.41) is 15.9. The van der Waals surface area contributed by atoms with E-state index in [4.69, 9.17) is 5.53 Å². The number of amides is 2. The van der Waals surface area contributed by atoms with Crippen LogP contribution < -0.4 is 15.8 Å². The zero-order chi connectivity index (χ0) is 21.9. The average Bonchev–Trinajstić information content (AvgIpc) is 3.01. The molecule has 2 N–H and O–H groups in total. The number of nitrogens with zero attached hydrogens (tertiary/aromatic N) is 6. The zero-order valence-corrected chi connectivity index (χ0v) is 16.1. The highest BCUT2D eigenvalue weighted by atomic mass is 16.4. The van der Waals surface area contributed by atoms with E-state index in [-0.39, 0.29) is 24.5 Å². The molecule has 2 atom stereocenters. The van der Waals surface area contributed by atoms with Crippen LogP contribution in [0.15, 0.2) is 59.1 Å². The number of carbonyl (C=O) groups excluding carboxylic acids is 1. The molecule has 0 spiro atoms. The first-order valence-corrected chi connectivity index (χ1v) is 8.98. The average molecular weight is 409 g/mol. The fourth-order valence-electron chi connectivity index (χ4n) is 3.44. The number of carbonyl (C=O) groups is 2. The molecule has 2 aromatic rings. The van der Waals surface area contributed by atoms with Crippen LogP contribution in [-0.2, 0) is 10.3 Å². The molecule has 1 aromatic heterocycles. The van der Waals surface area contributed by atoms with Crippen LogP contribution in [0.3, 0.4) is 0 Å². The molecule has 0 bridgehead atoms. The first kappa shape index (κ1) is 20.6. The van der Waals surface area contributed by atoms with Gasteiger partial charge in [-0.1, -0.05) is 29.4 Å². The van der Waals surface area contributed by atoms with Crippen LogP contribution in [0.2, 0.25) is 0 Å². The highest BCUT2D eigenvalue weighted by molar-refractivity contribution is 5.94. The van der Waals surface area contributed by atoms with Gasteiger partial charge >= 0.3 is 6.09 Å². The molecule has 30 heavy (non-hydrogen) atoms. The quantitative estimate of drug-likeness (QED) is 0.325. The van der Waals surface area contributed by atoms with Crippen molar-refractivity contribution in [1.29, 1.82) is 0 Å². The summed E-state index contributed by atoms with van der Waals surface area (Å²) >= 11 is 0. The van der Waals surface area contributed by atoms with Gasteiger partial charge in [0.05, 0.1) is 6.20 Å². The number of fused-ring (bicyclic) bond motifs is 1. The Labute approximate surface area is 170 Å². The summed E-state index contributed by atoms with van der Waals surface area (Å²) in [5.41, 5.74) is 7.30. The van der Waals surface area contributed by atoms with Gasteiger partial charge in [-0.3, -0.25) is 19.1 Å². The lowest BCUT2D eigenvalue weighted by Gasteiger charge is -2.20. The fourth-order valence-corrected chi connectivity index (χ4v) is 3.44. The first-order chi connectivity index (χ1) is 14.3. The van der Waals surface area contributed by atoms with Crippen molar-refractivity contribution in [1.82, 2.24) is 9.55 Å². The van der Waals surface area contributed by atoms with Gasteiger partial charge in [0.15, 0.2) is 0 Å². The summed E-state index contributed by atoms with van der Waals surface area (Å²) in [5.74, 6) is -0.419. The van der Waals surface area contributed by atoms with E-state index in [0.717, 1.165) is 15.7 Å². The number of aromatic nitrogens is 2. The number of para-hydroxylation sites is 1. The van der Waals surface area contributed by atoms with Crippen LogP contribution in [0.4, 0.5) is 16.2 Å². The second-order valence-corrected chi connectivity index (χ2v) is 6.86. The van der Waals surface area contributed by atoms with Gasteiger partial charge in [-0.25, -0.2) is 9.78 Å². The Balaban J connectivity index is 2.13. The number of benzene rings is 1. The van der Waals surface area contributed by atoms with Crippen LogP contribution >= 0.6 is 0 Å². The van der Waals surface area contributed by atoms with E-state index in [1.54, 1.807) is 37.3 Å². The minimum atomic E-state index is -1.37. The number of anilines is 2. The van der Waals surface area contributed by atoms with Gasteiger partial charge in [0, 0.05) is 17.1 Å². The van der Waals surface area contributed by atoms with Crippen LogP contribution in [0.25, 0.3) is 10.4 Å². The number of rotatable bonds is 6. The Kier molecular flexibility index (Phi) is 5.56. The van der Waals surface area contributed by atoms with Crippen molar-refractivity contribution in [2.75, 3.05) is 16.8 Å². The molecule has 1 aliphatic rings. The molecule has 11 heteroatoms. The van der Waals surface area contributed by atoms with Crippen LogP contribution in [0.1, 0.15) is 25.2 Å². The van der Waals surface area contributed by atoms with Gasteiger partial charge < -0.3 is 10.4 Å². The van der Waals surface area contributed by atoms with Gasteiger partial charge in [-0.05, 0) is 31.0 Å². The van der Waals surface area contributed by atoms with E-state index >= 15 is 0 Å². The third kappa shape index (κ3) is 3.61. The normalized spacial score (nSPS) is 19.3. The molecule has 1 aliphatic heterocycles. The molecule has 3 rings (SSSR count). The highest BCUT2D eigenvalue weighted by Crippen LogP contribution is 2.41. The van der Waals surface area contributed by atoms with Gasteiger partial charge in [0.1, 0.15) is 23.1 Å². The van der Waals surface area contributed by atoms with Crippen molar-refractivity contribution in [2.45, 2.75) is 24.9 Å². The van der Waals surface area contributed by atoms with Crippen molar-refractivity contribution < 1.29 is 14.7 Å². The number of carboxylic acid groups (broad SMARTS) is 1. The Morgan fingerprint density at radius 2 is 2.20 bits per heavy atom. The molecular weight excluding hydrogens is 390 g/mol. The zero-order valence-electron chi connectivity index (χ0n) is 16.1. The lowest BCUT2D eigenvalue weighted by atomic mass is 9.98. The topological polar surface area (TPSA) is 153 Å². The molecule has 2 amide bonds. The van der Waals surface area contributed by atoms with Crippen LogP contribution in [0.5, 0.6) is 0 Å². The van der Waals surface area contributed by atoms with E-state index in [2.05, 4.69) is 26.9 Å². The van der Waals surface area contributed by atoms with Crippen LogP contribution in [-0.4, -0.2) is 33.2 Å². The number of hydrogen-bond donors (Lipinski definition) is 2. The molecule has 0 fully saturated rings. The lowest BCUT2D eigenvalue weighted by molar-refractivity contribution is -0.119. The van der Waals surface area contributed by atoms with Gasteiger partial charge in [0.25, 0.3) is 5.56 Å². The smallest absolute Gasteiger partial charge is 0.412 e. The van der Waals surface area contributed by atoms with Gasteiger partial charge in [-0.15, -0.1) is 6.58 Å². The summed E-state index contributed by atoms with van der Waals surface area (Å²) in [6, 6.07) is 7.61. The Hall–Kier alpha value is -4.11. The third-order valence-corrected chi connectivity index (χ3v) is 4.80. The Bertz CT molecular complexity index is 1110. The first-order valence-electron chi connectivity index (χ1n) is 8.98. The minimum Gasteiger partial charge on any atom is -0.465 e. The Morgan fingerprint density at radius 3 is 2.80 bits per heavy atom. The monoisotopic (exact) mass is 409 g/mol. The maximum atomic E-state index is 13.2. The highest BCUT2D eigenvalue weighted by Gasteiger charge is 2.46. The molecule has 2 unspecified atom stereocenters. The minimum absolute atomic E-state index is 0.00402. The van der Waals surface area contributed by atoms with Gasteiger partial charge in [0.2, 0.25) is 5.91 Å². The second kappa shape index (κ2) is 8.10. The molecule has 2 heterocycles. The molecule has 11 nitrogen and oxygen atoms in total. The summed E-state index contributed by atoms with van der Waals surface area (Å²) in [4.78, 5) is 45.6. The molecule has 0 saturated carbocycles. The molecule has 154 valence electrons. The Morgan fingerprint density at radius 1 is 1.50 bits per heavy atom. The van der Waals surface area contributed by atoms with E-state index in [1.165, 1.54) is 6.08 Å². The van der Waals surface area contributed by atoms with Crippen LogP contribution in [0, 0.1) is 0 Å². The molecular formula is C19H19N7O4. The van der Waals surface area contributed by atoms with E-state index in [1.807, 2.05) is 0 Å². The van der Waals surface area contributed by atoms with Gasteiger partial charge in [-0.2, -0.15) is 0 Å². The molecule has 0 aliphatic carbocycles. The van der Waals surface area contributed by atoms with E-state index in [0.29, 0.717) is 5.69 Å². The van der Waals surface area contributed by atoms with Crippen molar-refractivity contribution >= 4 is 23.4 Å². The predicted molar refractivity (Wildman–Crippen MR) is 109 cm³/mol. The van der Waals surface area contributed by atoms with Crippen molar-refractivity contribution in [3.63, 3.8) is 0 Å². The van der Waals surface area contributed by atoms with E-state index in [9.17, 15) is 19.5 Å². The number of nitrogens with one attached hydrogen (secondary N) is 1. The molecule has 1 aromatic carbocycles. The standard InChI is InChI=1S/C19H19N7O4/c1-3-9-25(18(29)30)14-11-21-17-19(2,23-24-20)10-13(26(17)16(14)28)15(27)22-12-7-5-4-6-8-12/h3-8,11,13H,1,9-10H2,2H3,(H,22,27)(H,29,30). The van der Waals surface area contributed by atoms with Crippen molar-refractivity contribution in [3.8, 4) is 0 Å². The number of azide groups is 1. The van der Waals surface area contributed by atoms with Crippen molar-refractivity contribution in [3.05, 3.63) is 75.8 Å². The third-order valence-electron chi connectivity index (χ3n) is 4.80. The van der Waals surface area contributed by atoms with E-state index < -0.39 is 29.1 Å². The van der Waals surface area contributed by atoms with Crippen molar-refractivity contribution in [2.24, 2.45) is 5.11 Å². The SMILES string of the molecule is C=CCN(C(=O)O)c1cnc2n(c1=O)C(C(=O)Nc1ccccc1)CC2(C)N=[N+]=[N-]. The summed E-state index contributed by atoms with van der Waals surface area (Å²) in [6.07, 6.45) is 1.06. The molecule has 0 radical (unpaired) electrons. The lowest BCUT2D eigenvalue weighted by Crippen LogP contribution is -2.39. The largest absolute Gasteiger partial charge is 0.465 e. The maximum absolute atomic E-state index is 13.2. The second-order valence-electron chi connectivity index (χ2n) is 6.86. The summed E-state index contributed by atoms with van der Waals surface area (Å²) in [7, 11) is 0.